The molecule has 1 saturated heterocycles. The number of ketones is 1. The van der Waals surface area contributed by atoms with E-state index in [9.17, 15) is 4.79 Å². The Balaban J connectivity index is 1.30. The Labute approximate surface area is 160 Å². The van der Waals surface area contributed by atoms with Crippen LogP contribution in [0.25, 0.3) is 0 Å². The van der Waals surface area contributed by atoms with Crippen LogP contribution in [0.3, 0.4) is 0 Å². The summed E-state index contributed by atoms with van der Waals surface area (Å²) in [6.07, 6.45) is 5.16. The Morgan fingerprint density at radius 2 is 2.00 bits per heavy atom. The standard InChI is InChI=1S/C22H26N4O/c1-24-13-14-26-19-7-11-25(12-8-21(27)16-5-9-23-10-6-16)15-18(19)17-3-2-4-20(24)22(17)26/h2-6,9-10,18-19H,7-8,11-15H2,1H3/t18-,19-/m0/s1. The van der Waals surface area contributed by atoms with Gasteiger partial charge in [0.15, 0.2) is 5.78 Å². The number of carbonyl (C=O) groups excluding carboxylic acids is 1. The lowest BCUT2D eigenvalue weighted by Crippen LogP contribution is -2.49. The van der Waals surface area contributed by atoms with Crippen LogP contribution in [0.1, 0.15) is 34.7 Å². The molecule has 0 N–H and O–H groups in total. The topological polar surface area (TPSA) is 39.7 Å². The second-order valence-electron chi connectivity index (χ2n) is 8.00. The van der Waals surface area contributed by atoms with Crippen LogP contribution in [0, 0.1) is 0 Å². The van der Waals surface area contributed by atoms with E-state index in [-0.39, 0.29) is 5.78 Å². The number of piperidine rings is 1. The van der Waals surface area contributed by atoms with E-state index in [1.807, 2.05) is 12.1 Å². The normalized spacial score (nSPS) is 23.9. The van der Waals surface area contributed by atoms with Gasteiger partial charge in [0.2, 0.25) is 0 Å². The summed E-state index contributed by atoms with van der Waals surface area (Å²) in [4.78, 5) is 24.0. The summed E-state index contributed by atoms with van der Waals surface area (Å²) in [5, 5.41) is 0. The quantitative estimate of drug-likeness (QED) is 0.782. The predicted molar refractivity (Wildman–Crippen MR) is 108 cm³/mol. The third-order valence-electron chi connectivity index (χ3n) is 6.54. The predicted octanol–water partition coefficient (Wildman–Crippen LogP) is 2.78. The molecule has 0 radical (unpaired) electrons. The van der Waals surface area contributed by atoms with Crippen molar-refractivity contribution in [2.75, 3.05) is 49.6 Å². The van der Waals surface area contributed by atoms with E-state index in [1.54, 1.807) is 12.4 Å². The third kappa shape index (κ3) is 2.81. The van der Waals surface area contributed by atoms with Crippen molar-refractivity contribution in [2.45, 2.75) is 24.8 Å². The lowest BCUT2D eigenvalue weighted by atomic mass is 9.89. The van der Waals surface area contributed by atoms with Crippen molar-refractivity contribution in [3.8, 4) is 0 Å². The average Bonchev–Trinajstić information content (AvgIpc) is 3.04. The number of hydrogen-bond donors (Lipinski definition) is 0. The number of hydrogen-bond acceptors (Lipinski definition) is 5. The maximum absolute atomic E-state index is 12.4. The summed E-state index contributed by atoms with van der Waals surface area (Å²) >= 11 is 0. The lowest BCUT2D eigenvalue weighted by molar-refractivity contribution is 0.0952. The molecule has 1 aromatic heterocycles. The maximum atomic E-state index is 12.4. The lowest BCUT2D eigenvalue weighted by Gasteiger charge is -2.41. The first-order chi connectivity index (χ1) is 13.2. The number of aromatic nitrogens is 1. The smallest absolute Gasteiger partial charge is 0.164 e. The summed E-state index contributed by atoms with van der Waals surface area (Å²) in [5.41, 5.74) is 5.13. The summed E-state index contributed by atoms with van der Waals surface area (Å²) < 4.78 is 0. The fourth-order valence-corrected chi connectivity index (χ4v) is 5.12. The molecule has 2 atom stereocenters. The minimum absolute atomic E-state index is 0.217. The van der Waals surface area contributed by atoms with Crippen LogP contribution in [0.15, 0.2) is 42.7 Å². The fraction of sp³-hybridized carbons (Fsp3) is 0.455. The molecule has 3 aliphatic heterocycles. The Bertz CT molecular complexity index is 853. The van der Waals surface area contributed by atoms with Crippen LogP contribution in [0.2, 0.25) is 0 Å². The summed E-state index contributed by atoms with van der Waals surface area (Å²) in [7, 11) is 2.20. The van der Waals surface area contributed by atoms with Gasteiger partial charge in [0, 0.05) is 76.1 Å². The van der Waals surface area contributed by atoms with Crippen molar-refractivity contribution in [1.29, 1.82) is 0 Å². The highest BCUT2D eigenvalue weighted by atomic mass is 16.1. The van der Waals surface area contributed by atoms with Gasteiger partial charge in [0.1, 0.15) is 0 Å². The van der Waals surface area contributed by atoms with Gasteiger partial charge in [0.05, 0.1) is 11.4 Å². The number of likely N-dealkylation sites (N-methyl/N-ethyl adjacent to an activating group) is 1. The Hall–Kier alpha value is -2.40. The number of carbonyl (C=O) groups is 1. The van der Waals surface area contributed by atoms with Crippen molar-refractivity contribution in [3.63, 3.8) is 0 Å². The Morgan fingerprint density at radius 3 is 2.85 bits per heavy atom. The van der Waals surface area contributed by atoms with Gasteiger partial charge in [-0.3, -0.25) is 9.78 Å². The van der Waals surface area contributed by atoms with Gasteiger partial charge in [-0.15, -0.1) is 0 Å². The van der Waals surface area contributed by atoms with Crippen LogP contribution in [0.4, 0.5) is 11.4 Å². The number of fused-ring (bicyclic) bond motifs is 3. The zero-order valence-corrected chi connectivity index (χ0v) is 15.8. The van der Waals surface area contributed by atoms with E-state index in [2.05, 4.69) is 44.9 Å². The average molecular weight is 362 g/mol. The van der Waals surface area contributed by atoms with Gasteiger partial charge in [-0.05, 0) is 30.2 Å². The fourth-order valence-electron chi connectivity index (χ4n) is 5.12. The minimum Gasteiger partial charge on any atom is -0.371 e. The van der Waals surface area contributed by atoms with Gasteiger partial charge < -0.3 is 14.7 Å². The van der Waals surface area contributed by atoms with E-state index in [0.29, 0.717) is 18.4 Å². The molecule has 5 rings (SSSR count). The molecule has 140 valence electrons. The molecule has 5 heteroatoms. The molecule has 0 bridgehead atoms. The van der Waals surface area contributed by atoms with Crippen LogP contribution in [-0.4, -0.2) is 61.5 Å². The van der Waals surface area contributed by atoms with Gasteiger partial charge >= 0.3 is 0 Å². The van der Waals surface area contributed by atoms with Crippen LogP contribution in [0.5, 0.6) is 0 Å². The number of para-hydroxylation sites is 1. The number of anilines is 2. The van der Waals surface area contributed by atoms with Crippen molar-refractivity contribution in [3.05, 3.63) is 53.9 Å². The van der Waals surface area contributed by atoms with E-state index in [0.717, 1.165) is 38.3 Å². The van der Waals surface area contributed by atoms with E-state index in [4.69, 9.17) is 0 Å². The number of pyridine rings is 1. The second kappa shape index (κ2) is 6.64. The summed E-state index contributed by atoms with van der Waals surface area (Å²) in [6, 6.07) is 11.0. The monoisotopic (exact) mass is 362 g/mol. The highest BCUT2D eigenvalue weighted by molar-refractivity contribution is 5.96. The first kappa shape index (κ1) is 16.8. The maximum Gasteiger partial charge on any atom is 0.164 e. The molecule has 0 spiro atoms. The molecule has 1 aromatic carbocycles. The molecule has 5 nitrogen and oxygen atoms in total. The zero-order chi connectivity index (χ0) is 18.4. The van der Waals surface area contributed by atoms with Crippen molar-refractivity contribution in [2.24, 2.45) is 0 Å². The molecule has 0 unspecified atom stereocenters. The molecule has 0 aliphatic carbocycles. The molecule has 0 saturated carbocycles. The Morgan fingerprint density at radius 1 is 1.15 bits per heavy atom. The SMILES string of the molecule is CN1CCN2c3c(cccc31)[C@@H]1CN(CCC(=O)c3ccncc3)CC[C@@H]12. The van der Waals surface area contributed by atoms with Crippen molar-refractivity contribution < 1.29 is 4.79 Å². The number of rotatable bonds is 4. The number of likely N-dealkylation sites (tertiary alicyclic amines) is 1. The van der Waals surface area contributed by atoms with Crippen molar-refractivity contribution >= 4 is 17.2 Å². The highest BCUT2D eigenvalue weighted by Crippen LogP contribution is 2.50. The molecule has 0 amide bonds. The molecule has 2 aromatic rings. The summed E-state index contributed by atoms with van der Waals surface area (Å²) in [5.74, 6) is 0.783. The second-order valence-corrected chi connectivity index (χ2v) is 8.00. The molecular formula is C22H26N4O. The van der Waals surface area contributed by atoms with Crippen LogP contribution < -0.4 is 9.80 Å². The third-order valence-corrected chi connectivity index (χ3v) is 6.54. The van der Waals surface area contributed by atoms with Gasteiger partial charge in [-0.25, -0.2) is 0 Å². The first-order valence-electron chi connectivity index (χ1n) is 9.98. The molecule has 27 heavy (non-hydrogen) atoms. The number of benzene rings is 1. The van der Waals surface area contributed by atoms with Crippen molar-refractivity contribution in [1.82, 2.24) is 9.88 Å². The number of nitrogens with zero attached hydrogens (tertiary/aromatic N) is 4. The number of Topliss-reactive ketones (excluding diaryl/α,β-unsaturated/α-hetero) is 1. The summed E-state index contributed by atoms with van der Waals surface area (Å²) in [6.45, 7) is 5.22. The Kier molecular flexibility index (Phi) is 4.12. The largest absolute Gasteiger partial charge is 0.371 e. The van der Waals surface area contributed by atoms with E-state index >= 15 is 0 Å². The zero-order valence-electron chi connectivity index (χ0n) is 15.8. The van der Waals surface area contributed by atoms with E-state index < -0.39 is 0 Å². The molecule has 4 heterocycles. The van der Waals surface area contributed by atoms with E-state index in [1.165, 1.54) is 23.4 Å². The first-order valence-corrected chi connectivity index (χ1v) is 9.98. The van der Waals surface area contributed by atoms with Crippen LogP contribution >= 0.6 is 0 Å². The highest BCUT2D eigenvalue weighted by Gasteiger charge is 2.44. The van der Waals surface area contributed by atoms with Gasteiger partial charge in [-0.1, -0.05) is 12.1 Å². The van der Waals surface area contributed by atoms with Gasteiger partial charge in [0.25, 0.3) is 0 Å². The van der Waals surface area contributed by atoms with Crippen LogP contribution in [-0.2, 0) is 0 Å². The minimum atomic E-state index is 0.217. The van der Waals surface area contributed by atoms with Gasteiger partial charge in [-0.2, -0.15) is 0 Å². The molecular weight excluding hydrogens is 336 g/mol. The molecule has 3 aliphatic rings. The molecule has 1 fully saturated rings.